The first-order valence-corrected chi connectivity index (χ1v) is 9.04. The van der Waals surface area contributed by atoms with Crippen LogP contribution < -0.4 is 5.32 Å². The molecule has 2 aromatic heterocycles. The Morgan fingerprint density at radius 3 is 2.62 bits per heavy atom. The third-order valence-electron chi connectivity index (χ3n) is 4.16. The maximum Gasteiger partial charge on any atom is 0.269 e. The van der Waals surface area contributed by atoms with Crippen molar-refractivity contribution in [1.82, 2.24) is 14.7 Å². The minimum atomic E-state index is -0.290. The normalized spacial score (nSPS) is 11.0. The van der Waals surface area contributed by atoms with E-state index in [1.165, 1.54) is 29.0 Å². The molecule has 130 valence electrons. The fourth-order valence-electron chi connectivity index (χ4n) is 2.69. The molecule has 26 heavy (non-hydrogen) atoms. The van der Waals surface area contributed by atoms with Crippen LogP contribution in [-0.2, 0) is 6.54 Å². The SMILES string of the molecule is Cc1ccc(-c2cn3c(C(=O)NCc4ccc(F)cc4)csc3n2)cc1. The van der Waals surface area contributed by atoms with Crippen molar-refractivity contribution in [2.75, 3.05) is 0 Å². The number of carbonyl (C=O) groups excluding carboxylic acids is 1. The molecule has 0 spiro atoms. The molecule has 6 heteroatoms. The fourth-order valence-corrected chi connectivity index (χ4v) is 3.54. The summed E-state index contributed by atoms with van der Waals surface area (Å²) in [5, 5.41) is 4.66. The monoisotopic (exact) mass is 365 g/mol. The fraction of sp³-hybridized carbons (Fsp3) is 0.100. The first-order valence-electron chi connectivity index (χ1n) is 8.16. The molecular formula is C20H16FN3OS. The van der Waals surface area contributed by atoms with Gasteiger partial charge in [-0.05, 0) is 24.6 Å². The molecule has 2 heterocycles. The van der Waals surface area contributed by atoms with Crippen LogP contribution in [-0.4, -0.2) is 15.3 Å². The van der Waals surface area contributed by atoms with Crippen LogP contribution in [0.2, 0.25) is 0 Å². The second kappa shape index (κ2) is 6.72. The molecule has 0 aliphatic carbocycles. The molecule has 4 aromatic rings. The highest BCUT2D eigenvalue weighted by molar-refractivity contribution is 7.15. The van der Waals surface area contributed by atoms with E-state index in [4.69, 9.17) is 0 Å². The zero-order chi connectivity index (χ0) is 18.1. The summed E-state index contributed by atoms with van der Waals surface area (Å²) in [6.45, 7) is 2.38. The molecule has 4 nitrogen and oxygen atoms in total. The van der Waals surface area contributed by atoms with Gasteiger partial charge in [0.1, 0.15) is 11.5 Å². The van der Waals surface area contributed by atoms with Crippen LogP contribution in [0.1, 0.15) is 21.6 Å². The molecule has 0 aliphatic heterocycles. The van der Waals surface area contributed by atoms with Gasteiger partial charge in [0.05, 0.1) is 5.69 Å². The van der Waals surface area contributed by atoms with Crippen molar-refractivity contribution in [3.05, 3.63) is 82.7 Å². The van der Waals surface area contributed by atoms with E-state index >= 15 is 0 Å². The molecular weight excluding hydrogens is 349 g/mol. The van der Waals surface area contributed by atoms with Gasteiger partial charge < -0.3 is 5.32 Å². The van der Waals surface area contributed by atoms with Crippen molar-refractivity contribution in [3.8, 4) is 11.3 Å². The number of fused-ring (bicyclic) bond motifs is 1. The van der Waals surface area contributed by atoms with E-state index in [1.807, 2.05) is 37.4 Å². The third-order valence-corrected chi connectivity index (χ3v) is 5.00. The number of amides is 1. The van der Waals surface area contributed by atoms with Crippen LogP contribution in [0.3, 0.4) is 0 Å². The smallest absolute Gasteiger partial charge is 0.269 e. The topological polar surface area (TPSA) is 46.4 Å². The average molecular weight is 365 g/mol. The first-order chi connectivity index (χ1) is 12.6. The molecule has 2 aromatic carbocycles. The Hall–Kier alpha value is -2.99. The van der Waals surface area contributed by atoms with Gasteiger partial charge in [0.15, 0.2) is 4.96 Å². The lowest BCUT2D eigenvalue weighted by atomic mass is 10.1. The number of benzene rings is 2. The van der Waals surface area contributed by atoms with Crippen LogP contribution in [0.25, 0.3) is 16.2 Å². The molecule has 0 bridgehead atoms. The number of carbonyl (C=O) groups is 1. The summed E-state index contributed by atoms with van der Waals surface area (Å²) < 4.78 is 14.8. The zero-order valence-electron chi connectivity index (χ0n) is 14.1. The second-order valence-corrected chi connectivity index (χ2v) is 6.91. The van der Waals surface area contributed by atoms with Crippen LogP contribution in [0.4, 0.5) is 4.39 Å². The van der Waals surface area contributed by atoms with Gasteiger partial charge in [0.2, 0.25) is 0 Å². The highest BCUT2D eigenvalue weighted by Gasteiger charge is 2.15. The zero-order valence-corrected chi connectivity index (χ0v) is 14.9. The van der Waals surface area contributed by atoms with Crippen molar-refractivity contribution >= 4 is 22.2 Å². The number of hydrogen-bond acceptors (Lipinski definition) is 3. The summed E-state index contributed by atoms with van der Waals surface area (Å²) in [4.78, 5) is 17.9. The summed E-state index contributed by atoms with van der Waals surface area (Å²) in [6.07, 6.45) is 1.88. The summed E-state index contributed by atoms with van der Waals surface area (Å²) in [7, 11) is 0. The van der Waals surface area contributed by atoms with Crippen LogP contribution in [0.5, 0.6) is 0 Å². The Morgan fingerprint density at radius 1 is 1.15 bits per heavy atom. The summed E-state index contributed by atoms with van der Waals surface area (Å²) in [5.74, 6) is -0.477. The van der Waals surface area contributed by atoms with Gasteiger partial charge in [-0.1, -0.05) is 42.0 Å². The van der Waals surface area contributed by atoms with Crippen molar-refractivity contribution in [2.24, 2.45) is 0 Å². The van der Waals surface area contributed by atoms with Gasteiger partial charge >= 0.3 is 0 Å². The lowest BCUT2D eigenvalue weighted by molar-refractivity contribution is 0.0945. The van der Waals surface area contributed by atoms with E-state index in [-0.39, 0.29) is 11.7 Å². The van der Waals surface area contributed by atoms with Crippen LogP contribution in [0, 0.1) is 12.7 Å². The highest BCUT2D eigenvalue weighted by atomic mass is 32.1. The Morgan fingerprint density at radius 2 is 1.88 bits per heavy atom. The summed E-state index contributed by atoms with van der Waals surface area (Å²) in [6, 6.07) is 14.2. The number of rotatable bonds is 4. The van der Waals surface area contributed by atoms with Gasteiger partial charge in [0.25, 0.3) is 5.91 Å². The van der Waals surface area contributed by atoms with Gasteiger partial charge in [-0.2, -0.15) is 0 Å². The summed E-state index contributed by atoms with van der Waals surface area (Å²) in [5.41, 5.74) is 4.43. The van der Waals surface area contributed by atoms with Crippen LogP contribution >= 0.6 is 11.3 Å². The molecule has 0 unspecified atom stereocenters. The maximum absolute atomic E-state index is 13.0. The molecule has 0 atom stereocenters. The number of imidazole rings is 1. The van der Waals surface area contributed by atoms with Gasteiger partial charge in [-0.15, -0.1) is 11.3 Å². The number of nitrogens with zero attached hydrogens (tertiary/aromatic N) is 2. The van der Waals surface area contributed by atoms with E-state index in [0.717, 1.165) is 21.8 Å². The highest BCUT2D eigenvalue weighted by Crippen LogP contribution is 2.24. The lowest BCUT2D eigenvalue weighted by Gasteiger charge is -2.04. The Kier molecular flexibility index (Phi) is 4.26. The van der Waals surface area contributed by atoms with Crippen molar-refractivity contribution in [2.45, 2.75) is 13.5 Å². The lowest BCUT2D eigenvalue weighted by Crippen LogP contribution is -2.23. The third kappa shape index (κ3) is 3.23. The minimum Gasteiger partial charge on any atom is -0.347 e. The molecule has 1 amide bonds. The number of aromatic nitrogens is 2. The predicted octanol–water partition coefficient (Wildman–Crippen LogP) is 4.44. The van der Waals surface area contributed by atoms with Crippen molar-refractivity contribution in [3.63, 3.8) is 0 Å². The maximum atomic E-state index is 13.0. The Bertz CT molecular complexity index is 1060. The number of hydrogen-bond donors (Lipinski definition) is 1. The Balaban J connectivity index is 1.55. The van der Waals surface area contributed by atoms with Gasteiger partial charge in [-0.25, -0.2) is 9.37 Å². The molecule has 0 saturated carbocycles. The standard InChI is InChI=1S/C20H16FN3OS/c1-13-2-6-15(7-3-13)17-11-24-18(12-26-20(24)23-17)19(25)22-10-14-4-8-16(21)9-5-14/h2-9,11-12H,10H2,1H3,(H,22,25). The average Bonchev–Trinajstić information content (AvgIpc) is 3.22. The van der Waals surface area contributed by atoms with E-state index in [1.54, 1.807) is 21.9 Å². The molecule has 0 aliphatic rings. The van der Waals surface area contributed by atoms with E-state index in [0.29, 0.717) is 12.2 Å². The number of aryl methyl sites for hydroxylation is 1. The number of thiazole rings is 1. The molecule has 4 rings (SSSR count). The Labute approximate surface area is 153 Å². The quantitative estimate of drug-likeness (QED) is 0.581. The van der Waals surface area contributed by atoms with Gasteiger partial charge in [0, 0.05) is 23.7 Å². The van der Waals surface area contributed by atoms with Crippen LogP contribution in [0.15, 0.2) is 60.1 Å². The van der Waals surface area contributed by atoms with E-state index in [9.17, 15) is 9.18 Å². The van der Waals surface area contributed by atoms with Gasteiger partial charge in [-0.3, -0.25) is 9.20 Å². The summed E-state index contributed by atoms with van der Waals surface area (Å²) >= 11 is 1.43. The molecule has 0 fully saturated rings. The first kappa shape index (κ1) is 16.5. The molecule has 1 N–H and O–H groups in total. The number of halogens is 1. The molecule has 0 radical (unpaired) electrons. The molecule has 0 saturated heterocycles. The minimum absolute atomic E-state index is 0.187. The second-order valence-electron chi connectivity index (χ2n) is 6.07. The van der Waals surface area contributed by atoms with E-state index < -0.39 is 0 Å². The number of nitrogens with one attached hydrogen (secondary N) is 1. The van der Waals surface area contributed by atoms with E-state index in [2.05, 4.69) is 10.3 Å². The predicted molar refractivity (Wildman–Crippen MR) is 101 cm³/mol. The van der Waals surface area contributed by atoms with Crippen molar-refractivity contribution in [1.29, 1.82) is 0 Å². The largest absolute Gasteiger partial charge is 0.347 e. The van der Waals surface area contributed by atoms with Crippen molar-refractivity contribution < 1.29 is 9.18 Å².